The third-order valence-electron chi connectivity index (χ3n) is 3.39. The van der Waals surface area contributed by atoms with E-state index in [1.807, 2.05) is 20.8 Å². The number of likely N-dealkylation sites (tertiary alicyclic amines) is 1. The molecule has 0 spiro atoms. The van der Waals surface area contributed by atoms with E-state index in [1.165, 1.54) is 0 Å². The minimum atomic E-state index is -0.458. The van der Waals surface area contributed by atoms with Gasteiger partial charge in [0.15, 0.2) is 6.29 Å². The normalized spacial score (nSPS) is 16.8. The Kier molecular flexibility index (Phi) is 4.59. The Morgan fingerprint density at radius 3 is 2.62 bits per heavy atom. The van der Waals surface area contributed by atoms with Gasteiger partial charge in [0.05, 0.1) is 6.20 Å². The third-order valence-corrected chi connectivity index (χ3v) is 3.39. The van der Waals surface area contributed by atoms with Gasteiger partial charge in [-0.3, -0.25) is 9.48 Å². The molecule has 1 aliphatic heterocycles. The van der Waals surface area contributed by atoms with Crippen molar-refractivity contribution in [2.45, 2.75) is 45.8 Å². The molecule has 1 fully saturated rings. The van der Waals surface area contributed by atoms with Crippen molar-refractivity contribution in [1.82, 2.24) is 19.9 Å². The maximum atomic E-state index is 12.0. The lowest BCUT2D eigenvalue weighted by molar-refractivity contribution is 0.0177. The molecule has 1 saturated heterocycles. The van der Waals surface area contributed by atoms with Crippen LogP contribution in [0.4, 0.5) is 4.79 Å². The summed E-state index contributed by atoms with van der Waals surface area (Å²) in [7, 11) is 0. The highest BCUT2D eigenvalue weighted by molar-refractivity contribution is 5.70. The van der Waals surface area contributed by atoms with Gasteiger partial charge in [0.25, 0.3) is 0 Å². The van der Waals surface area contributed by atoms with Crippen LogP contribution in [0.5, 0.6) is 0 Å². The van der Waals surface area contributed by atoms with E-state index in [0.29, 0.717) is 31.0 Å². The second kappa shape index (κ2) is 6.24. The molecule has 1 aromatic heterocycles. The highest BCUT2D eigenvalue weighted by atomic mass is 16.6. The molecule has 0 bridgehead atoms. The fourth-order valence-corrected chi connectivity index (χ4v) is 2.35. The minimum absolute atomic E-state index is 0.245. The van der Waals surface area contributed by atoms with Crippen molar-refractivity contribution in [3.8, 4) is 0 Å². The predicted octanol–water partition coefficient (Wildman–Crippen LogP) is 1.74. The number of ether oxygens (including phenoxy) is 1. The van der Waals surface area contributed by atoms with Crippen LogP contribution in [0.3, 0.4) is 0 Å². The fraction of sp³-hybridized carbons (Fsp3) is 0.714. The first-order chi connectivity index (χ1) is 9.87. The number of rotatable bonds is 3. The van der Waals surface area contributed by atoms with Gasteiger partial charge in [-0.15, -0.1) is 5.10 Å². The van der Waals surface area contributed by atoms with Gasteiger partial charge in [0, 0.05) is 19.6 Å². The molecule has 0 radical (unpaired) electrons. The van der Waals surface area contributed by atoms with E-state index < -0.39 is 5.60 Å². The van der Waals surface area contributed by atoms with Crippen LogP contribution < -0.4 is 0 Å². The lowest BCUT2D eigenvalue weighted by Crippen LogP contribution is -2.42. The summed E-state index contributed by atoms with van der Waals surface area (Å²) >= 11 is 0. The van der Waals surface area contributed by atoms with Crippen LogP contribution in [-0.2, 0) is 11.3 Å². The quantitative estimate of drug-likeness (QED) is 0.793. The molecule has 1 aliphatic rings. The zero-order valence-electron chi connectivity index (χ0n) is 12.8. The molecule has 7 heteroatoms. The van der Waals surface area contributed by atoms with Crippen LogP contribution in [0.15, 0.2) is 6.20 Å². The number of aldehydes is 1. The lowest BCUT2D eigenvalue weighted by atomic mass is 9.97. The summed E-state index contributed by atoms with van der Waals surface area (Å²) in [5.41, 5.74) is -0.110. The molecule has 0 saturated carbocycles. The number of carbonyl (C=O) groups is 2. The maximum Gasteiger partial charge on any atom is 0.410 e. The van der Waals surface area contributed by atoms with E-state index in [4.69, 9.17) is 4.74 Å². The Balaban J connectivity index is 1.80. The van der Waals surface area contributed by atoms with Crippen molar-refractivity contribution in [1.29, 1.82) is 0 Å². The Morgan fingerprint density at radius 1 is 1.43 bits per heavy atom. The molecule has 2 heterocycles. The molecule has 0 unspecified atom stereocenters. The molecule has 0 aliphatic carbocycles. The van der Waals surface area contributed by atoms with E-state index in [1.54, 1.807) is 15.8 Å². The monoisotopic (exact) mass is 294 g/mol. The van der Waals surface area contributed by atoms with Crippen LogP contribution >= 0.6 is 0 Å². The first kappa shape index (κ1) is 15.5. The van der Waals surface area contributed by atoms with Gasteiger partial charge in [-0.25, -0.2) is 4.79 Å². The van der Waals surface area contributed by atoms with E-state index >= 15 is 0 Å². The van der Waals surface area contributed by atoms with Crippen molar-refractivity contribution < 1.29 is 14.3 Å². The van der Waals surface area contributed by atoms with Gasteiger partial charge in [0.1, 0.15) is 11.3 Å². The van der Waals surface area contributed by atoms with Gasteiger partial charge >= 0.3 is 6.09 Å². The summed E-state index contributed by atoms with van der Waals surface area (Å²) in [6.45, 7) is 7.71. The molecule has 2 rings (SSSR count). The van der Waals surface area contributed by atoms with Gasteiger partial charge in [-0.05, 0) is 39.5 Å². The van der Waals surface area contributed by atoms with Crippen LogP contribution in [0.25, 0.3) is 0 Å². The van der Waals surface area contributed by atoms with E-state index in [-0.39, 0.29) is 6.09 Å². The van der Waals surface area contributed by atoms with E-state index in [0.717, 1.165) is 19.4 Å². The zero-order valence-corrected chi connectivity index (χ0v) is 12.8. The van der Waals surface area contributed by atoms with Crippen molar-refractivity contribution in [3.05, 3.63) is 11.9 Å². The highest BCUT2D eigenvalue weighted by Gasteiger charge is 2.27. The zero-order chi connectivity index (χ0) is 15.5. The van der Waals surface area contributed by atoms with Crippen LogP contribution in [0.2, 0.25) is 0 Å². The lowest BCUT2D eigenvalue weighted by Gasteiger charge is -2.33. The largest absolute Gasteiger partial charge is 0.444 e. The Morgan fingerprint density at radius 2 is 2.10 bits per heavy atom. The number of hydrogen-bond acceptors (Lipinski definition) is 5. The number of nitrogens with zero attached hydrogens (tertiary/aromatic N) is 4. The predicted molar refractivity (Wildman–Crippen MR) is 75.9 cm³/mol. The van der Waals surface area contributed by atoms with Crippen LogP contribution in [-0.4, -0.2) is 51.0 Å². The smallest absolute Gasteiger partial charge is 0.410 e. The fourth-order valence-electron chi connectivity index (χ4n) is 2.35. The molecule has 0 atom stereocenters. The van der Waals surface area contributed by atoms with E-state index in [9.17, 15) is 9.59 Å². The SMILES string of the molecule is CC(C)(C)OC(=O)N1CCC(Cn2cc(C=O)nn2)CC1. The van der Waals surface area contributed by atoms with Crippen LogP contribution in [0, 0.1) is 5.92 Å². The minimum Gasteiger partial charge on any atom is -0.444 e. The molecule has 7 nitrogen and oxygen atoms in total. The number of carbonyl (C=O) groups excluding carboxylic acids is 2. The van der Waals surface area contributed by atoms with Crippen LogP contribution in [0.1, 0.15) is 44.1 Å². The highest BCUT2D eigenvalue weighted by Crippen LogP contribution is 2.20. The summed E-state index contributed by atoms with van der Waals surface area (Å²) < 4.78 is 7.06. The summed E-state index contributed by atoms with van der Waals surface area (Å²) in [4.78, 5) is 24.3. The number of piperidine rings is 1. The summed E-state index contributed by atoms with van der Waals surface area (Å²) in [5.74, 6) is 0.435. The standard InChI is InChI=1S/C14H22N4O3/c1-14(2,3)21-13(20)17-6-4-11(5-7-17)8-18-9-12(10-19)15-16-18/h9-11H,4-8H2,1-3H3. The summed E-state index contributed by atoms with van der Waals surface area (Å²) in [6, 6.07) is 0. The summed E-state index contributed by atoms with van der Waals surface area (Å²) in [5, 5.41) is 7.66. The first-order valence-corrected chi connectivity index (χ1v) is 7.20. The molecule has 1 amide bonds. The van der Waals surface area contributed by atoms with Gasteiger partial charge < -0.3 is 9.64 Å². The van der Waals surface area contributed by atoms with Gasteiger partial charge in [-0.2, -0.15) is 0 Å². The number of hydrogen-bond donors (Lipinski definition) is 0. The third kappa shape index (κ3) is 4.54. The topological polar surface area (TPSA) is 77.3 Å². The average Bonchev–Trinajstić information content (AvgIpc) is 2.85. The second-order valence-electron chi connectivity index (χ2n) is 6.39. The Hall–Kier alpha value is -1.92. The van der Waals surface area contributed by atoms with Gasteiger partial charge in [-0.1, -0.05) is 5.21 Å². The Labute approximate surface area is 124 Å². The first-order valence-electron chi connectivity index (χ1n) is 7.20. The Bertz CT molecular complexity index is 499. The van der Waals surface area contributed by atoms with Crippen molar-refractivity contribution in [2.24, 2.45) is 5.92 Å². The van der Waals surface area contributed by atoms with E-state index in [2.05, 4.69) is 10.3 Å². The van der Waals surface area contributed by atoms with Crippen molar-refractivity contribution >= 4 is 12.4 Å². The van der Waals surface area contributed by atoms with Gasteiger partial charge in [0.2, 0.25) is 0 Å². The number of aromatic nitrogens is 3. The molecule has 0 aromatic carbocycles. The van der Waals surface area contributed by atoms with Crippen molar-refractivity contribution in [2.75, 3.05) is 13.1 Å². The second-order valence-corrected chi connectivity index (χ2v) is 6.39. The molecule has 116 valence electrons. The molecule has 21 heavy (non-hydrogen) atoms. The molecular formula is C14H22N4O3. The maximum absolute atomic E-state index is 12.0. The average molecular weight is 294 g/mol. The number of amides is 1. The van der Waals surface area contributed by atoms with Crippen molar-refractivity contribution in [3.63, 3.8) is 0 Å². The molecular weight excluding hydrogens is 272 g/mol. The molecule has 1 aromatic rings. The summed E-state index contributed by atoms with van der Waals surface area (Å²) in [6.07, 6.45) is 3.89. The molecule has 0 N–H and O–H groups in total.